The fourth-order valence-electron chi connectivity index (χ4n) is 3.72. The Balaban J connectivity index is 1.39. The summed E-state index contributed by atoms with van der Waals surface area (Å²) in [5.41, 5.74) is 0. The smallest absolute Gasteiger partial charge is 0.317 e. The second kappa shape index (κ2) is 9.11. The van der Waals surface area contributed by atoms with E-state index in [9.17, 15) is 9.59 Å². The maximum absolute atomic E-state index is 12.6. The number of urea groups is 1. The minimum Gasteiger partial charge on any atom is -0.489 e. The normalized spacial score (nSPS) is 20.8. The van der Waals surface area contributed by atoms with Gasteiger partial charge in [-0.15, -0.1) is 0 Å². The first kappa shape index (κ1) is 19.5. The van der Waals surface area contributed by atoms with Gasteiger partial charge in [0, 0.05) is 38.5 Å². The van der Waals surface area contributed by atoms with Crippen molar-refractivity contribution in [3.63, 3.8) is 0 Å². The summed E-state index contributed by atoms with van der Waals surface area (Å²) in [6.07, 6.45) is 3.16. The molecule has 0 aromatic heterocycles. The molecule has 1 atom stereocenters. The molecule has 148 valence electrons. The van der Waals surface area contributed by atoms with E-state index in [0.717, 1.165) is 44.6 Å². The number of para-hydroxylation sites is 1. The number of piperidine rings is 1. The van der Waals surface area contributed by atoms with Crippen LogP contribution < -0.4 is 10.1 Å². The van der Waals surface area contributed by atoms with Gasteiger partial charge in [-0.05, 0) is 30.9 Å². The number of likely N-dealkylation sites (tertiary alicyclic amines) is 2. The Morgan fingerprint density at radius 2 is 1.74 bits per heavy atom. The van der Waals surface area contributed by atoms with Crippen LogP contribution in [0.25, 0.3) is 0 Å². The Kier molecular flexibility index (Phi) is 6.58. The SMILES string of the molecule is CC(C)CC(=O)N1CCC(NC(=O)N2CC[C@@H](Oc3ccccc3)C2)CC1. The summed E-state index contributed by atoms with van der Waals surface area (Å²) in [6, 6.07) is 9.88. The van der Waals surface area contributed by atoms with Crippen LogP contribution in [-0.2, 0) is 4.79 Å². The molecule has 3 rings (SSSR count). The quantitative estimate of drug-likeness (QED) is 0.863. The lowest BCUT2D eigenvalue weighted by Gasteiger charge is -2.33. The Hall–Kier alpha value is -2.24. The topological polar surface area (TPSA) is 61.9 Å². The van der Waals surface area contributed by atoms with Crippen LogP contribution in [0.4, 0.5) is 4.79 Å². The number of nitrogens with zero attached hydrogens (tertiary/aromatic N) is 2. The van der Waals surface area contributed by atoms with Gasteiger partial charge >= 0.3 is 6.03 Å². The molecule has 2 aliphatic rings. The Labute approximate surface area is 161 Å². The Morgan fingerprint density at radius 1 is 1.07 bits per heavy atom. The minimum atomic E-state index is -0.0129. The molecule has 3 amide bonds. The third-order valence-corrected chi connectivity index (χ3v) is 5.24. The second-order valence-corrected chi connectivity index (χ2v) is 7.99. The molecule has 0 radical (unpaired) electrons. The second-order valence-electron chi connectivity index (χ2n) is 7.99. The maximum atomic E-state index is 12.6. The fraction of sp³-hybridized carbons (Fsp3) is 0.619. The predicted octanol–water partition coefficient (Wildman–Crippen LogP) is 2.89. The van der Waals surface area contributed by atoms with E-state index in [1.54, 1.807) is 0 Å². The summed E-state index contributed by atoms with van der Waals surface area (Å²) in [4.78, 5) is 28.5. The molecular formula is C21H31N3O3. The molecule has 0 unspecified atom stereocenters. The van der Waals surface area contributed by atoms with Crippen molar-refractivity contribution in [3.05, 3.63) is 30.3 Å². The highest BCUT2D eigenvalue weighted by Crippen LogP contribution is 2.19. The first-order chi connectivity index (χ1) is 13.0. The van der Waals surface area contributed by atoms with Crippen LogP contribution in [0, 0.1) is 5.92 Å². The van der Waals surface area contributed by atoms with Gasteiger partial charge in [0.15, 0.2) is 0 Å². The molecule has 6 heteroatoms. The summed E-state index contributed by atoms with van der Waals surface area (Å²) in [7, 11) is 0. The standard InChI is InChI=1S/C21H31N3O3/c1-16(2)14-20(25)23-11-8-17(9-12-23)22-21(26)24-13-10-19(15-24)27-18-6-4-3-5-7-18/h3-7,16-17,19H,8-15H2,1-2H3,(H,22,26)/t19-/m1/s1. The van der Waals surface area contributed by atoms with Crippen LogP contribution in [0.1, 0.15) is 39.5 Å². The molecule has 6 nitrogen and oxygen atoms in total. The molecule has 2 saturated heterocycles. The Bertz CT molecular complexity index is 627. The summed E-state index contributed by atoms with van der Waals surface area (Å²) in [6.45, 7) is 6.93. The lowest BCUT2D eigenvalue weighted by Crippen LogP contribution is -2.50. The van der Waals surface area contributed by atoms with Gasteiger partial charge in [0.2, 0.25) is 5.91 Å². The monoisotopic (exact) mass is 373 g/mol. The third kappa shape index (κ3) is 5.62. The van der Waals surface area contributed by atoms with Crippen molar-refractivity contribution in [1.82, 2.24) is 15.1 Å². The Morgan fingerprint density at radius 3 is 2.41 bits per heavy atom. The van der Waals surface area contributed by atoms with E-state index in [2.05, 4.69) is 19.2 Å². The highest BCUT2D eigenvalue weighted by atomic mass is 16.5. The highest BCUT2D eigenvalue weighted by molar-refractivity contribution is 5.77. The minimum absolute atomic E-state index is 0.0129. The van der Waals surface area contributed by atoms with E-state index in [1.165, 1.54) is 0 Å². The van der Waals surface area contributed by atoms with Crippen LogP contribution in [-0.4, -0.2) is 60.1 Å². The first-order valence-corrected chi connectivity index (χ1v) is 10.1. The molecule has 0 bridgehead atoms. The van der Waals surface area contributed by atoms with E-state index >= 15 is 0 Å². The van der Waals surface area contributed by atoms with E-state index in [-0.39, 0.29) is 24.1 Å². The van der Waals surface area contributed by atoms with Gasteiger partial charge in [0.1, 0.15) is 11.9 Å². The van der Waals surface area contributed by atoms with Crippen molar-refractivity contribution in [1.29, 1.82) is 0 Å². The lowest BCUT2D eigenvalue weighted by molar-refractivity contribution is -0.133. The number of rotatable bonds is 5. The summed E-state index contributed by atoms with van der Waals surface area (Å²) in [5.74, 6) is 1.47. The molecule has 2 heterocycles. The predicted molar refractivity (Wildman–Crippen MR) is 105 cm³/mol. The zero-order valence-electron chi connectivity index (χ0n) is 16.4. The lowest BCUT2D eigenvalue weighted by atomic mass is 10.0. The third-order valence-electron chi connectivity index (χ3n) is 5.24. The summed E-state index contributed by atoms with van der Waals surface area (Å²) < 4.78 is 5.95. The van der Waals surface area contributed by atoms with Crippen LogP contribution in [0.5, 0.6) is 5.75 Å². The first-order valence-electron chi connectivity index (χ1n) is 10.1. The van der Waals surface area contributed by atoms with Crippen molar-refractivity contribution in [3.8, 4) is 5.75 Å². The summed E-state index contributed by atoms with van der Waals surface area (Å²) in [5, 5.41) is 3.14. The number of ether oxygens (including phenoxy) is 1. The van der Waals surface area contributed by atoms with Crippen molar-refractivity contribution in [2.75, 3.05) is 26.2 Å². The molecule has 0 aliphatic carbocycles. The molecule has 27 heavy (non-hydrogen) atoms. The van der Waals surface area contributed by atoms with Gasteiger partial charge in [0.05, 0.1) is 6.54 Å². The molecule has 2 aliphatic heterocycles. The number of carbonyl (C=O) groups excluding carboxylic acids is 2. The van der Waals surface area contributed by atoms with Gasteiger partial charge < -0.3 is 19.9 Å². The number of carbonyl (C=O) groups is 2. The van der Waals surface area contributed by atoms with Crippen LogP contribution in [0.15, 0.2) is 30.3 Å². The number of nitrogens with one attached hydrogen (secondary N) is 1. The van der Waals surface area contributed by atoms with E-state index in [1.807, 2.05) is 40.1 Å². The average Bonchev–Trinajstić information content (AvgIpc) is 3.11. The average molecular weight is 373 g/mol. The molecule has 1 aromatic carbocycles. The van der Waals surface area contributed by atoms with Crippen LogP contribution >= 0.6 is 0 Å². The van der Waals surface area contributed by atoms with Crippen molar-refractivity contribution < 1.29 is 14.3 Å². The van der Waals surface area contributed by atoms with Crippen molar-refractivity contribution >= 4 is 11.9 Å². The van der Waals surface area contributed by atoms with Gasteiger partial charge in [-0.25, -0.2) is 4.79 Å². The molecular weight excluding hydrogens is 342 g/mol. The van der Waals surface area contributed by atoms with Crippen LogP contribution in [0.2, 0.25) is 0 Å². The molecule has 0 saturated carbocycles. The van der Waals surface area contributed by atoms with Crippen LogP contribution in [0.3, 0.4) is 0 Å². The van der Waals surface area contributed by atoms with Gasteiger partial charge in [-0.2, -0.15) is 0 Å². The zero-order valence-corrected chi connectivity index (χ0v) is 16.4. The van der Waals surface area contributed by atoms with Crippen molar-refractivity contribution in [2.24, 2.45) is 5.92 Å². The van der Waals surface area contributed by atoms with E-state index < -0.39 is 0 Å². The van der Waals surface area contributed by atoms with Gasteiger partial charge in [-0.1, -0.05) is 32.0 Å². The largest absolute Gasteiger partial charge is 0.489 e. The molecule has 0 spiro atoms. The number of hydrogen-bond acceptors (Lipinski definition) is 3. The van der Waals surface area contributed by atoms with E-state index in [4.69, 9.17) is 4.74 Å². The fourth-order valence-corrected chi connectivity index (χ4v) is 3.72. The zero-order chi connectivity index (χ0) is 19.2. The molecule has 1 N–H and O–H groups in total. The van der Waals surface area contributed by atoms with Crippen molar-refractivity contribution in [2.45, 2.75) is 51.7 Å². The molecule has 1 aromatic rings. The molecule has 2 fully saturated rings. The summed E-state index contributed by atoms with van der Waals surface area (Å²) >= 11 is 0. The highest BCUT2D eigenvalue weighted by Gasteiger charge is 2.30. The number of benzene rings is 1. The van der Waals surface area contributed by atoms with Gasteiger partial charge in [0.25, 0.3) is 0 Å². The van der Waals surface area contributed by atoms with Gasteiger partial charge in [-0.3, -0.25) is 4.79 Å². The number of hydrogen-bond donors (Lipinski definition) is 1. The maximum Gasteiger partial charge on any atom is 0.317 e. The van der Waals surface area contributed by atoms with E-state index in [0.29, 0.717) is 18.9 Å². The number of amides is 3.